The number of aromatic nitrogens is 1. The Balaban J connectivity index is 2.43. The molecule has 64 valence electrons. The molecule has 1 aliphatic heterocycles. The largest absolute Gasteiger partial charge is 0.366 e. The predicted octanol–water partition coefficient (Wildman–Crippen LogP) is 2.03. The van der Waals surface area contributed by atoms with E-state index >= 15 is 0 Å². The summed E-state index contributed by atoms with van der Waals surface area (Å²) >= 11 is 0. The van der Waals surface area contributed by atoms with Crippen LogP contribution in [0.4, 0.5) is 11.4 Å². The van der Waals surface area contributed by atoms with Crippen LogP contribution in [0.1, 0.15) is 0 Å². The fraction of sp³-hybridized carbons (Fsp3) is 0.100. The highest BCUT2D eigenvalue weighted by Gasteiger charge is 2.11. The van der Waals surface area contributed by atoms with Crippen molar-refractivity contribution in [1.29, 1.82) is 0 Å². The third-order valence-corrected chi connectivity index (χ3v) is 2.32. The normalized spacial score (nSPS) is 13.5. The minimum Gasteiger partial charge on any atom is -0.366 e. The van der Waals surface area contributed by atoms with Crippen molar-refractivity contribution in [1.82, 2.24) is 4.98 Å². The van der Waals surface area contributed by atoms with E-state index in [4.69, 9.17) is 0 Å². The number of hydrogen-bond donors (Lipinski definition) is 2. The molecule has 13 heavy (non-hydrogen) atoms. The lowest BCUT2D eigenvalue weighted by Crippen LogP contribution is -1.99. The molecule has 0 saturated heterocycles. The van der Waals surface area contributed by atoms with Crippen LogP contribution in [0.3, 0.4) is 0 Å². The summed E-state index contributed by atoms with van der Waals surface area (Å²) in [7, 11) is 0. The van der Waals surface area contributed by atoms with E-state index in [0.29, 0.717) is 0 Å². The zero-order valence-corrected chi connectivity index (χ0v) is 7.04. The lowest BCUT2D eigenvalue weighted by atomic mass is 10.2. The smallest absolute Gasteiger partial charge is 0.0851 e. The summed E-state index contributed by atoms with van der Waals surface area (Å²) in [5, 5.41) is 7.70. The highest BCUT2D eigenvalue weighted by atomic mass is 15.1. The number of anilines is 2. The monoisotopic (exact) mass is 171 g/mol. The Morgan fingerprint density at radius 3 is 3.08 bits per heavy atom. The molecule has 3 rings (SSSR count). The summed E-state index contributed by atoms with van der Waals surface area (Å²) in [6.45, 7) is 0.797. The Hall–Kier alpha value is -1.77. The molecule has 0 unspecified atom stereocenters. The predicted molar refractivity (Wildman–Crippen MR) is 53.9 cm³/mol. The first-order valence-electron chi connectivity index (χ1n) is 4.30. The molecule has 0 atom stereocenters. The summed E-state index contributed by atoms with van der Waals surface area (Å²) in [6.07, 6.45) is 1.87. The van der Waals surface area contributed by atoms with Gasteiger partial charge in [-0.1, -0.05) is 18.2 Å². The van der Waals surface area contributed by atoms with Gasteiger partial charge >= 0.3 is 0 Å². The van der Waals surface area contributed by atoms with Gasteiger partial charge in [0, 0.05) is 5.39 Å². The molecule has 0 spiro atoms. The first kappa shape index (κ1) is 6.71. The van der Waals surface area contributed by atoms with Gasteiger partial charge in [-0.15, -0.1) is 0 Å². The van der Waals surface area contributed by atoms with Crippen LogP contribution in [-0.2, 0) is 0 Å². The summed E-state index contributed by atoms with van der Waals surface area (Å²) in [5.41, 5.74) is 3.31. The zero-order chi connectivity index (χ0) is 8.67. The SMILES string of the molecule is c1ccc2c3c(cnc2c1)NCN3. The van der Waals surface area contributed by atoms with Crippen molar-refractivity contribution in [2.75, 3.05) is 17.3 Å². The van der Waals surface area contributed by atoms with E-state index in [1.54, 1.807) is 0 Å². The molecule has 0 bridgehead atoms. The van der Waals surface area contributed by atoms with Crippen LogP contribution in [0.25, 0.3) is 10.9 Å². The van der Waals surface area contributed by atoms with Crippen LogP contribution in [0.5, 0.6) is 0 Å². The molecule has 0 fully saturated rings. The quantitative estimate of drug-likeness (QED) is 0.636. The molecular formula is C10H9N3. The lowest BCUT2D eigenvalue weighted by Gasteiger charge is -2.02. The van der Waals surface area contributed by atoms with E-state index in [9.17, 15) is 0 Å². The summed E-state index contributed by atoms with van der Waals surface area (Å²) < 4.78 is 0. The molecule has 2 aromatic rings. The Labute approximate surface area is 75.8 Å². The van der Waals surface area contributed by atoms with Crippen molar-refractivity contribution in [2.24, 2.45) is 0 Å². The van der Waals surface area contributed by atoms with Crippen molar-refractivity contribution in [3.63, 3.8) is 0 Å². The number of benzene rings is 1. The van der Waals surface area contributed by atoms with Gasteiger partial charge in [-0.2, -0.15) is 0 Å². The zero-order valence-electron chi connectivity index (χ0n) is 7.04. The Bertz CT molecular complexity index is 465. The molecule has 0 radical (unpaired) electrons. The van der Waals surface area contributed by atoms with Gasteiger partial charge in [0.15, 0.2) is 0 Å². The van der Waals surface area contributed by atoms with Crippen molar-refractivity contribution in [3.8, 4) is 0 Å². The van der Waals surface area contributed by atoms with Crippen LogP contribution in [0.15, 0.2) is 30.5 Å². The Morgan fingerprint density at radius 2 is 2.08 bits per heavy atom. The summed E-state index contributed by atoms with van der Waals surface area (Å²) in [6, 6.07) is 8.14. The van der Waals surface area contributed by atoms with E-state index in [-0.39, 0.29) is 0 Å². The minimum absolute atomic E-state index is 0.797. The molecule has 2 N–H and O–H groups in total. The summed E-state index contributed by atoms with van der Waals surface area (Å²) in [5.74, 6) is 0. The van der Waals surface area contributed by atoms with Gasteiger partial charge in [-0.3, -0.25) is 4.98 Å². The van der Waals surface area contributed by atoms with E-state index in [0.717, 1.165) is 17.9 Å². The molecule has 0 aliphatic carbocycles. The van der Waals surface area contributed by atoms with Crippen molar-refractivity contribution in [2.45, 2.75) is 0 Å². The molecular weight excluding hydrogens is 162 g/mol. The molecule has 3 nitrogen and oxygen atoms in total. The van der Waals surface area contributed by atoms with Gasteiger partial charge in [-0.25, -0.2) is 0 Å². The van der Waals surface area contributed by atoms with Gasteiger partial charge in [0.25, 0.3) is 0 Å². The van der Waals surface area contributed by atoms with Crippen LogP contribution in [0.2, 0.25) is 0 Å². The third kappa shape index (κ3) is 0.869. The Morgan fingerprint density at radius 1 is 1.15 bits per heavy atom. The fourth-order valence-electron chi connectivity index (χ4n) is 1.69. The first-order valence-corrected chi connectivity index (χ1v) is 4.30. The first-order chi connectivity index (χ1) is 6.45. The number of rotatable bonds is 0. The topological polar surface area (TPSA) is 37.0 Å². The van der Waals surface area contributed by atoms with Crippen molar-refractivity contribution >= 4 is 22.3 Å². The highest BCUT2D eigenvalue weighted by molar-refractivity contribution is 5.98. The lowest BCUT2D eigenvalue weighted by molar-refractivity contribution is 1.30. The number of fused-ring (bicyclic) bond motifs is 3. The van der Waals surface area contributed by atoms with Crippen molar-refractivity contribution in [3.05, 3.63) is 30.5 Å². The van der Waals surface area contributed by atoms with Gasteiger partial charge < -0.3 is 10.6 Å². The second-order valence-corrected chi connectivity index (χ2v) is 3.09. The maximum absolute atomic E-state index is 4.35. The molecule has 1 aromatic carbocycles. The van der Waals surface area contributed by atoms with E-state index in [1.165, 1.54) is 11.1 Å². The molecule has 3 heteroatoms. The number of hydrogen-bond acceptors (Lipinski definition) is 3. The van der Waals surface area contributed by atoms with E-state index in [1.807, 2.05) is 24.4 Å². The second-order valence-electron chi connectivity index (χ2n) is 3.09. The second kappa shape index (κ2) is 2.36. The fourth-order valence-corrected chi connectivity index (χ4v) is 1.69. The van der Waals surface area contributed by atoms with E-state index < -0.39 is 0 Å². The average molecular weight is 171 g/mol. The minimum atomic E-state index is 0.797. The molecule has 0 amide bonds. The number of nitrogens with zero attached hydrogens (tertiary/aromatic N) is 1. The molecule has 2 heterocycles. The maximum Gasteiger partial charge on any atom is 0.0851 e. The molecule has 1 aliphatic rings. The van der Waals surface area contributed by atoms with Gasteiger partial charge in [0.1, 0.15) is 0 Å². The summed E-state index contributed by atoms with van der Waals surface area (Å²) in [4.78, 5) is 4.35. The van der Waals surface area contributed by atoms with E-state index in [2.05, 4.69) is 21.7 Å². The number of para-hydroxylation sites is 1. The molecule has 0 saturated carbocycles. The average Bonchev–Trinajstić information content (AvgIpc) is 2.65. The standard InChI is InChI=1S/C10H9N3/c1-2-4-8-7(3-1)10-9(5-11-8)12-6-13-10/h1-5,12-13H,6H2. The van der Waals surface area contributed by atoms with Crippen LogP contribution in [0, 0.1) is 0 Å². The molecule has 1 aromatic heterocycles. The highest BCUT2D eigenvalue weighted by Crippen LogP contribution is 2.32. The van der Waals surface area contributed by atoms with Gasteiger partial charge in [-0.05, 0) is 6.07 Å². The van der Waals surface area contributed by atoms with Crippen LogP contribution in [-0.4, -0.2) is 11.7 Å². The van der Waals surface area contributed by atoms with Crippen molar-refractivity contribution < 1.29 is 0 Å². The number of nitrogens with one attached hydrogen (secondary N) is 2. The maximum atomic E-state index is 4.35. The van der Waals surface area contributed by atoms with Gasteiger partial charge in [0.05, 0.1) is 29.8 Å². The van der Waals surface area contributed by atoms with Crippen LogP contribution >= 0.6 is 0 Å². The van der Waals surface area contributed by atoms with Gasteiger partial charge in [0.2, 0.25) is 0 Å². The number of pyridine rings is 1. The Kier molecular flexibility index (Phi) is 1.22. The van der Waals surface area contributed by atoms with Crippen LogP contribution < -0.4 is 10.6 Å². The third-order valence-electron chi connectivity index (χ3n) is 2.32.